The van der Waals surface area contributed by atoms with Crippen LogP contribution in [0.1, 0.15) is 5.56 Å². The lowest BCUT2D eigenvalue weighted by molar-refractivity contribution is 0.629. The number of hydrazone groups is 1. The Bertz CT molecular complexity index is 747. The molecule has 3 aromatic rings. The van der Waals surface area contributed by atoms with E-state index >= 15 is 0 Å². The Morgan fingerprint density at radius 2 is 2.26 bits per heavy atom. The summed E-state index contributed by atoms with van der Waals surface area (Å²) in [5.41, 5.74) is 9.01. The van der Waals surface area contributed by atoms with Crippen LogP contribution in [0.2, 0.25) is 0 Å². The van der Waals surface area contributed by atoms with Gasteiger partial charge in [-0.15, -0.1) is 22.7 Å². The number of thiophene rings is 1. The van der Waals surface area contributed by atoms with Gasteiger partial charge in [-0.05, 0) is 29.0 Å². The number of nitrogens with two attached hydrogens (primary N) is 1. The highest BCUT2D eigenvalue weighted by Crippen LogP contribution is 2.25. The van der Waals surface area contributed by atoms with Crippen molar-refractivity contribution < 1.29 is 4.39 Å². The highest BCUT2D eigenvalue weighted by molar-refractivity contribution is 7.17. The van der Waals surface area contributed by atoms with E-state index in [4.69, 9.17) is 5.73 Å². The van der Waals surface area contributed by atoms with Crippen LogP contribution in [0.25, 0.3) is 10.1 Å². The first-order chi connectivity index (χ1) is 9.22. The fourth-order valence-corrected chi connectivity index (χ4v) is 3.07. The van der Waals surface area contributed by atoms with E-state index in [-0.39, 0.29) is 5.82 Å². The molecule has 0 amide bonds. The fourth-order valence-electron chi connectivity index (χ4n) is 1.66. The number of nitrogens with zero attached hydrogens (tertiary/aromatic N) is 2. The molecule has 4 nitrogen and oxygen atoms in total. The summed E-state index contributed by atoms with van der Waals surface area (Å²) in [5, 5.41) is 9.18. The van der Waals surface area contributed by atoms with Crippen molar-refractivity contribution in [1.82, 2.24) is 4.98 Å². The summed E-state index contributed by atoms with van der Waals surface area (Å²) in [7, 11) is 0. The van der Waals surface area contributed by atoms with Gasteiger partial charge in [0, 0.05) is 15.6 Å². The number of anilines is 2. The second-order valence-electron chi connectivity index (χ2n) is 3.78. The molecule has 0 aliphatic rings. The van der Waals surface area contributed by atoms with Crippen LogP contribution in [-0.4, -0.2) is 11.2 Å². The minimum absolute atomic E-state index is 0.272. The fraction of sp³-hybridized carbons (Fsp3) is 0. The number of hydrogen-bond acceptors (Lipinski definition) is 6. The van der Waals surface area contributed by atoms with Crippen LogP contribution in [0, 0.1) is 5.82 Å². The maximum atomic E-state index is 13.4. The van der Waals surface area contributed by atoms with E-state index in [1.807, 2.05) is 11.4 Å². The van der Waals surface area contributed by atoms with Crippen LogP contribution in [0.5, 0.6) is 0 Å². The first-order valence-electron chi connectivity index (χ1n) is 5.39. The Morgan fingerprint density at radius 1 is 1.37 bits per heavy atom. The summed E-state index contributed by atoms with van der Waals surface area (Å²) >= 11 is 2.91. The molecule has 96 valence electrons. The molecular weight excluding hydrogens is 283 g/mol. The molecule has 0 unspecified atom stereocenters. The molecule has 0 bridgehead atoms. The lowest BCUT2D eigenvalue weighted by Crippen LogP contribution is -1.92. The quantitative estimate of drug-likeness (QED) is 0.573. The number of halogens is 1. The minimum Gasteiger partial charge on any atom is -0.383 e. The molecular formula is C12H9FN4S2. The van der Waals surface area contributed by atoms with Gasteiger partial charge < -0.3 is 5.73 Å². The van der Waals surface area contributed by atoms with Crippen molar-refractivity contribution in [3.63, 3.8) is 0 Å². The highest BCUT2D eigenvalue weighted by Gasteiger charge is 2.03. The van der Waals surface area contributed by atoms with Crippen molar-refractivity contribution in [2.75, 3.05) is 11.2 Å². The largest absolute Gasteiger partial charge is 0.383 e. The smallest absolute Gasteiger partial charge is 0.205 e. The van der Waals surface area contributed by atoms with Crippen LogP contribution in [-0.2, 0) is 0 Å². The molecule has 3 rings (SSSR count). The topological polar surface area (TPSA) is 63.3 Å². The second kappa shape index (κ2) is 4.94. The van der Waals surface area contributed by atoms with Crippen molar-refractivity contribution >= 4 is 49.9 Å². The molecule has 0 fully saturated rings. The molecule has 0 aliphatic heterocycles. The van der Waals surface area contributed by atoms with Gasteiger partial charge in [0.2, 0.25) is 5.13 Å². The third-order valence-electron chi connectivity index (χ3n) is 2.43. The van der Waals surface area contributed by atoms with Crippen LogP contribution in [0.15, 0.2) is 34.1 Å². The molecule has 7 heteroatoms. The lowest BCUT2D eigenvalue weighted by Gasteiger charge is -1.98. The zero-order valence-corrected chi connectivity index (χ0v) is 11.3. The summed E-state index contributed by atoms with van der Waals surface area (Å²) in [4.78, 5) is 4.01. The van der Waals surface area contributed by atoms with E-state index in [9.17, 15) is 4.39 Å². The number of nitrogen functional groups attached to an aromatic ring is 1. The molecule has 3 N–H and O–H groups in total. The van der Waals surface area contributed by atoms with E-state index < -0.39 is 0 Å². The van der Waals surface area contributed by atoms with Crippen molar-refractivity contribution in [2.45, 2.75) is 0 Å². The van der Waals surface area contributed by atoms with Crippen LogP contribution >= 0.6 is 22.7 Å². The van der Waals surface area contributed by atoms with Crippen molar-refractivity contribution in [3.8, 4) is 0 Å². The average molecular weight is 292 g/mol. The van der Waals surface area contributed by atoms with Gasteiger partial charge in [-0.1, -0.05) is 0 Å². The number of benzene rings is 1. The number of hydrogen-bond donors (Lipinski definition) is 2. The summed E-state index contributed by atoms with van der Waals surface area (Å²) in [6.45, 7) is 0. The molecule has 1 aromatic carbocycles. The van der Waals surface area contributed by atoms with Crippen LogP contribution < -0.4 is 11.2 Å². The Labute approximate surface area is 116 Å². The average Bonchev–Trinajstić information content (AvgIpc) is 2.98. The van der Waals surface area contributed by atoms with Crippen LogP contribution in [0.3, 0.4) is 0 Å². The third-order valence-corrected chi connectivity index (χ3v) is 4.17. The second-order valence-corrected chi connectivity index (χ2v) is 5.56. The van der Waals surface area contributed by atoms with E-state index in [1.54, 1.807) is 22.9 Å². The molecule has 0 aliphatic carbocycles. The SMILES string of the molecule is Nc1csc(NN=Cc2cc(F)cc3ccsc23)n1. The monoisotopic (exact) mass is 292 g/mol. The predicted molar refractivity (Wildman–Crippen MR) is 79.5 cm³/mol. The van der Waals surface area contributed by atoms with Crippen molar-refractivity contribution in [2.24, 2.45) is 5.10 Å². The molecule has 0 atom stereocenters. The van der Waals surface area contributed by atoms with Gasteiger partial charge in [0.15, 0.2) is 0 Å². The van der Waals surface area contributed by atoms with E-state index in [0.717, 1.165) is 15.6 Å². The van der Waals surface area contributed by atoms with Gasteiger partial charge in [-0.2, -0.15) is 5.10 Å². The molecule has 0 radical (unpaired) electrons. The Kier molecular flexibility index (Phi) is 3.14. The van der Waals surface area contributed by atoms with E-state index in [0.29, 0.717) is 10.9 Å². The molecule has 0 saturated heterocycles. The van der Waals surface area contributed by atoms with Gasteiger partial charge in [0.25, 0.3) is 0 Å². The highest BCUT2D eigenvalue weighted by atomic mass is 32.1. The van der Waals surface area contributed by atoms with Gasteiger partial charge in [-0.25, -0.2) is 9.37 Å². The third kappa shape index (κ3) is 2.56. The molecule has 0 spiro atoms. The van der Waals surface area contributed by atoms with Crippen molar-refractivity contribution in [3.05, 3.63) is 40.3 Å². The predicted octanol–water partition coefficient (Wildman–Crippen LogP) is 3.53. The van der Waals surface area contributed by atoms with Crippen molar-refractivity contribution in [1.29, 1.82) is 0 Å². The van der Waals surface area contributed by atoms with E-state index in [1.165, 1.54) is 23.5 Å². The van der Waals surface area contributed by atoms with Gasteiger partial charge in [-0.3, -0.25) is 5.43 Å². The number of rotatable bonds is 3. The lowest BCUT2D eigenvalue weighted by atomic mass is 10.2. The first-order valence-corrected chi connectivity index (χ1v) is 7.15. The zero-order valence-electron chi connectivity index (χ0n) is 9.63. The first kappa shape index (κ1) is 12.1. The summed E-state index contributed by atoms with van der Waals surface area (Å²) in [6.07, 6.45) is 1.58. The molecule has 2 aromatic heterocycles. The number of aromatic nitrogens is 1. The summed E-state index contributed by atoms with van der Waals surface area (Å²) in [6, 6.07) is 4.85. The Hall–Kier alpha value is -1.99. The molecule has 0 saturated carbocycles. The van der Waals surface area contributed by atoms with Crippen LogP contribution in [0.4, 0.5) is 15.3 Å². The standard InChI is InChI=1S/C12H9FN4S2/c13-9-3-7-1-2-18-11(7)8(4-9)5-15-17-12-16-10(14)6-19-12/h1-6H,14H2,(H,16,17). The number of thiazole rings is 1. The normalized spacial score (nSPS) is 11.4. The summed E-state index contributed by atoms with van der Waals surface area (Å²) < 4.78 is 14.4. The number of nitrogens with one attached hydrogen (secondary N) is 1. The van der Waals surface area contributed by atoms with E-state index in [2.05, 4.69) is 15.5 Å². The Balaban J connectivity index is 1.86. The zero-order chi connectivity index (χ0) is 13.2. The maximum Gasteiger partial charge on any atom is 0.205 e. The minimum atomic E-state index is -0.272. The maximum absolute atomic E-state index is 13.4. The van der Waals surface area contributed by atoms with Gasteiger partial charge >= 0.3 is 0 Å². The van der Waals surface area contributed by atoms with Gasteiger partial charge in [0.05, 0.1) is 6.21 Å². The molecule has 19 heavy (non-hydrogen) atoms. The summed E-state index contributed by atoms with van der Waals surface area (Å²) in [5.74, 6) is 0.181. The molecule has 2 heterocycles. The van der Waals surface area contributed by atoms with Gasteiger partial charge in [0.1, 0.15) is 11.6 Å². The Morgan fingerprint density at radius 3 is 3.05 bits per heavy atom. The number of fused-ring (bicyclic) bond motifs is 1.